The fraction of sp³-hybridized carbons (Fsp3) is 0.889. The number of carbonyl (C=O) groups is 1. The van der Waals surface area contributed by atoms with Crippen LogP contribution < -0.4 is 11.1 Å². The second-order valence-corrected chi connectivity index (χ2v) is 7.34. The number of aliphatic hydroxyl groups excluding tert-OH is 1. The Morgan fingerprint density at radius 1 is 1.32 bits per heavy atom. The molecule has 0 atom stereocenters. The number of likely N-dealkylation sites (tertiary alicyclic amines) is 1. The minimum Gasteiger partial charge on any atom is -0.450 e. The van der Waals surface area contributed by atoms with Crippen molar-refractivity contribution in [2.45, 2.75) is 64.3 Å². The van der Waals surface area contributed by atoms with Gasteiger partial charge in [-0.1, -0.05) is 19.3 Å². The van der Waals surface area contributed by atoms with Crippen molar-refractivity contribution in [1.29, 1.82) is 0 Å². The number of aliphatic imine (C=N–C) groups is 1. The highest BCUT2D eigenvalue weighted by Gasteiger charge is 2.31. The average Bonchev–Trinajstić information content (AvgIpc) is 2.62. The molecule has 144 valence electrons. The van der Waals surface area contributed by atoms with Crippen molar-refractivity contribution in [3.8, 4) is 0 Å². The average molecular weight is 354 g/mol. The lowest BCUT2D eigenvalue weighted by molar-refractivity contribution is 0.0963. The van der Waals surface area contributed by atoms with E-state index in [2.05, 4.69) is 10.3 Å². The van der Waals surface area contributed by atoms with Crippen molar-refractivity contribution >= 4 is 12.1 Å². The summed E-state index contributed by atoms with van der Waals surface area (Å²) < 4.78 is 5.04. The van der Waals surface area contributed by atoms with E-state index in [4.69, 9.17) is 10.5 Å². The first-order valence-corrected chi connectivity index (χ1v) is 9.67. The molecule has 1 aliphatic carbocycles. The highest BCUT2D eigenvalue weighted by atomic mass is 16.6. The minimum absolute atomic E-state index is 0.118. The highest BCUT2D eigenvalue weighted by molar-refractivity contribution is 5.78. The Bertz CT molecular complexity index is 436. The smallest absolute Gasteiger partial charge is 0.409 e. The molecular formula is C18H34N4O3. The molecule has 0 aromatic rings. The van der Waals surface area contributed by atoms with E-state index in [0.717, 1.165) is 32.1 Å². The maximum atomic E-state index is 11.7. The zero-order valence-corrected chi connectivity index (χ0v) is 15.5. The zero-order chi connectivity index (χ0) is 18.1. The number of rotatable bonds is 6. The summed E-state index contributed by atoms with van der Waals surface area (Å²) in [5.74, 6) is 0.484. The van der Waals surface area contributed by atoms with E-state index in [1.54, 1.807) is 4.90 Å². The molecule has 7 heteroatoms. The third kappa shape index (κ3) is 6.06. The second-order valence-electron chi connectivity index (χ2n) is 7.34. The van der Waals surface area contributed by atoms with E-state index >= 15 is 0 Å². The van der Waals surface area contributed by atoms with Gasteiger partial charge in [-0.15, -0.1) is 0 Å². The van der Waals surface area contributed by atoms with Crippen LogP contribution in [0.1, 0.15) is 58.3 Å². The molecule has 0 spiro atoms. The topological polar surface area (TPSA) is 100 Å². The Balaban J connectivity index is 1.78. The molecule has 1 heterocycles. The summed E-state index contributed by atoms with van der Waals surface area (Å²) in [4.78, 5) is 18.0. The second kappa shape index (κ2) is 9.85. The standard InChI is InChI=1S/C18H34N4O3/c1-2-25-17(24)22-11-6-15(7-12-22)21-16(19)20-14-18(10-13-23)8-4-3-5-9-18/h15,23H,2-14H2,1H3,(H3,19,20,21). The molecule has 7 nitrogen and oxygen atoms in total. The Hall–Kier alpha value is -1.50. The Labute approximate surface area is 151 Å². The van der Waals surface area contributed by atoms with E-state index < -0.39 is 0 Å². The predicted octanol–water partition coefficient (Wildman–Crippen LogP) is 1.84. The van der Waals surface area contributed by atoms with E-state index in [-0.39, 0.29) is 24.2 Å². The first-order chi connectivity index (χ1) is 12.1. The normalized spacial score (nSPS) is 21.8. The number of piperidine rings is 1. The number of aliphatic hydroxyl groups is 1. The number of hydrogen-bond acceptors (Lipinski definition) is 4. The van der Waals surface area contributed by atoms with Gasteiger partial charge >= 0.3 is 6.09 Å². The SMILES string of the molecule is CCOC(=O)N1CCC(NC(N)=NCC2(CCO)CCCCC2)CC1. The summed E-state index contributed by atoms with van der Waals surface area (Å²) in [6, 6.07) is 0.245. The van der Waals surface area contributed by atoms with Crippen molar-refractivity contribution in [3.05, 3.63) is 0 Å². The van der Waals surface area contributed by atoms with Gasteiger partial charge in [0.05, 0.1) is 6.61 Å². The number of nitrogens with one attached hydrogen (secondary N) is 1. The summed E-state index contributed by atoms with van der Waals surface area (Å²) in [5, 5.41) is 12.7. The summed E-state index contributed by atoms with van der Waals surface area (Å²) in [6.45, 7) is 4.49. The van der Waals surface area contributed by atoms with Gasteiger partial charge in [-0.2, -0.15) is 0 Å². The van der Waals surface area contributed by atoms with Crippen LogP contribution in [0.25, 0.3) is 0 Å². The highest BCUT2D eigenvalue weighted by Crippen LogP contribution is 2.39. The van der Waals surface area contributed by atoms with Crippen LogP contribution in [0.3, 0.4) is 0 Å². The molecule has 0 unspecified atom stereocenters. The lowest BCUT2D eigenvalue weighted by Gasteiger charge is -2.36. The summed E-state index contributed by atoms with van der Waals surface area (Å²) in [6.07, 6.45) is 8.24. The number of nitrogens with two attached hydrogens (primary N) is 1. The van der Waals surface area contributed by atoms with Gasteiger partial charge in [-0.3, -0.25) is 4.99 Å². The van der Waals surface area contributed by atoms with Crippen LogP contribution >= 0.6 is 0 Å². The number of carbonyl (C=O) groups excluding carboxylic acids is 1. The fourth-order valence-electron chi connectivity index (χ4n) is 3.95. The molecule has 25 heavy (non-hydrogen) atoms. The van der Waals surface area contributed by atoms with Gasteiger partial charge in [0, 0.05) is 32.3 Å². The van der Waals surface area contributed by atoms with E-state index in [1.165, 1.54) is 19.3 Å². The first kappa shape index (κ1) is 19.8. The van der Waals surface area contributed by atoms with Gasteiger partial charge in [0.1, 0.15) is 0 Å². The molecule has 0 aromatic heterocycles. The maximum Gasteiger partial charge on any atom is 0.409 e. The largest absolute Gasteiger partial charge is 0.450 e. The fourth-order valence-corrected chi connectivity index (χ4v) is 3.95. The predicted molar refractivity (Wildman–Crippen MR) is 98.5 cm³/mol. The van der Waals surface area contributed by atoms with Crippen molar-refractivity contribution < 1.29 is 14.6 Å². The molecule has 1 saturated heterocycles. The molecule has 2 aliphatic rings. The van der Waals surface area contributed by atoms with Gasteiger partial charge in [0.2, 0.25) is 0 Å². The van der Waals surface area contributed by atoms with E-state index in [9.17, 15) is 9.90 Å². The number of nitrogens with zero attached hydrogens (tertiary/aromatic N) is 2. The number of hydrogen-bond donors (Lipinski definition) is 3. The minimum atomic E-state index is -0.231. The number of amides is 1. The van der Waals surface area contributed by atoms with Crippen molar-refractivity contribution in [3.63, 3.8) is 0 Å². The maximum absolute atomic E-state index is 11.7. The quantitative estimate of drug-likeness (QED) is 0.499. The van der Waals surface area contributed by atoms with E-state index in [0.29, 0.717) is 32.2 Å². The van der Waals surface area contributed by atoms with Crippen molar-refractivity contribution in [2.75, 3.05) is 32.8 Å². The summed E-state index contributed by atoms with van der Waals surface area (Å²) >= 11 is 0. The molecule has 1 saturated carbocycles. The molecule has 0 radical (unpaired) electrons. The Kier molecular flexibility index (Phi) is 7.81. The van der Waals surface area contributed by atoms with Gasteiger partial charge in [-0.25, -0.2) is 4.79 Å². The van der Waals surface area contributed by atoms with Crippen LogP contribution in [0.2, 0.25) is 0 Å². The summed E-state index contributed by atoms with van der Waals surface area (Å²) in [7, 11) is 0. The van der Waals surface area contributed by atoms with Gasteiger partial charge in [-0.05, 0) is 44.4 Å². The Morgan fingerprint density at radius 3 is 2.60 bits per heavy atom. The van der Waals surface area contributed by atoms with Crippen LogP contribution in [-0.2, 0) is 4.74 Å². The number of guanidine groups is 1. The monoisotopic (exact) mass is 354 g/mol. The molecule has 2 rings (SSSR count). The van der Waals surface area contributed by atoms with Gasteiger partial charge in [0.25, 0.3) is 0 Å². The molecule has 1 aliphatic heterocycles. The van der Waals surface area contributed by atoms with Crippen molar-refractivity contribution in [2.24, 2.45) is 16.1 Å². The molecule has 1 amide bonds. The van der Waals surface area contributed by atoms with Crippen LogP contribution in [-0.4, -0.2) is 60.9 Å². The molecule has 2 fully saturated rings. The van der Waals surface area contributed by atoms with Crippen LogP contribution in [0.4, 0.5) is 4.79 Å². The third-order valence-electron chi connectivity index (χ3n) is 5.51. The molecular weight excluding hydrogens is 320 g/mol. The van der Waals surface area contributed by atoms with E-state index in [1.807, 2.05) is 6.92 Å². The lowest BCUT2D eigenvalue weighted by Crippen LogP contribution is -2.48. The Morgan fingerprint density at radius 2 is 2.00 bits per heavy atom. The third-order valence-corrected chi connectivity index (χ3v) is 5.51. The van der Waals surface area contributed by atoms with Crippen LogP contribution in [0.5, 0.6) is 0 Å². The van der Waals surface area contributed by atoms with Crippen LogP contribution in [0, 0.1) is 5.41 Å². The first-order valence-electron chi connectivity index (χ1n) is 9.67. The lowest BCUT2D eigenvalue weighted by atomic mass is 9.72. The van der Waals surface area contributed by atoms with Crippen LogP contribution in [0.15, 0.2) is 4.99 Å². The molecule has 0 bridgehead atoms. The van der Waals surface area contributed by atoms with Crippen molar-refractivity contribution in [1.82, 2.24) is 10.2 Å². The zero-order valence-electron chi connectivity index (χ0n) is 15.5. The summed E-state index contributed by atoms with van der Waals surface area (Å²) in [5.41, 5.74) is 6.21. The molecule has 0 aromatic carbocycles. The van der Waals surface area contributed by atoms with Gasteiger partial charge < -0.3 is 25.8 Å². The number of ether oxygens (including phenoxy) is 1. The van der Waals surface area contributed by atoms with Gasteiger partial charge in [0.15, 0.2) is 5.96 Å². The molecule has 4 N–H and O–H groups in total.